The summed E-state index contributed by atoms with van der Waals surface area (Å²) in [5, 5.41) is 10.7. The van der Waals surface area contributed by atoms with Crippen LogP contribution < -0.4 is 0 Å². The monoisotopic (exact) mass is 350 g/mol. The molecule has 1 atom stereocenters. The third-order valence-corrected chi connectivity index (χ3v) is 4.72. The number of aromatic amines is 1. The van der Waals surface area contributed by atoms with Gasteiger partial charge in [-0.3, -0.25) is 9.78 Å². The van der Waals surface area contributed by atoms with Gasteiger partial charge in [0.1, 0.15) is 11.0 Å². The molecule has 2 aromatic heterocycles. The molecular weight excluding hydrogens is 328 g/mol. The van der Waals surface area contributed by atoms with Crippen molar-refractivity contribution in [2.24, 2.45) is 0 Å². The lowest BCUT2D eigenvalue weighted by molar-refractivity contribution is 0.0733. The number of carbonyl (C=O) groups is 1. The summed E-state index contributed by atoms with van der Waals surface area (Å²) in [7, 11) is 4.06. The maximum absolute atomic E-state index is 13.1. The number of benzene rings is 1. The summed E-state index contributed by atoms with van der Waals surface area (Å²) < 4.78 is 0. The van der Waals surface area contributed by atoms with E-state index in [1.807, 2.05) is 49.3 Å². The van der Waals surface area contributed by atoms with Gasteiger partial charge in [0.15, 0.2) is 0 Å². The first-order valence-corrected chi connectivity index (χ1v) is 8.84. The van der Waals surface area contributed by atoms with Crippen molar-refractivity contribution in [3.63, 3.8) is 0 Å². The molecule has 1 aromatic carbocycles. The minimum absolute atomic E-state index is 0.0252. The van der Waals surface area contributed by atoms with Crippen molar-refractivity contribution in [1.29, 1.82) is 0 Å². The number of hydrogen-bond donors (Lipinski definition) is 1. The molecular formula is C19H22N6O. The van der Waals surface area contributed by atoms with Gasteiger partial charge in [0.05, 0.1) is 17.4 Å². The molecule has 1 saturated heterocycles. The predicted molar refractivity (Wildman–Crippen MR) is 98.5 cm³/mol. The third-order valence-electron chi connectivity index (χ3n) is 4.72. The predicted octanol–water partition coefficient (Wildman–Crippen LogP) is 2.39. The SMILES string of the molecule is CN(C)Cc1cccc(C2CCCN2C(=O)c2ccc3n[nH]nc3c2)n1. The van der Waals surface area contributed by atoms with Crippen molar-refractivity contribution < 1.29 is 4.79 Å². The lowest BCUT2D eigenvalue weighted by Crippen LogP contribution is -2.31. The molecule has 0 bridgehead atoms. The van der Waals surface area contributed by atoms with E-state index in [0.717, 1.165) is 42.8 Å². The van der Waals surface area contributed by atoms with Gasteiger partial charge in [-0.15, -0.1) is 0 Å². The number of nitrogens with one attached hydrogen (secondary N) is 1. The molecule has 3 aromatic rings. The molecule has 1 aliphatic heterocycles. The molecule has 26 heavy (non-hydrogen) atoms. The Morgan fingerprint density at radius 2 is 2.08 bits per heavy atom. The molecule has 1 amide bonds. The highest BCUT2D eigenvalue weighted by Crippen LogP contribution is 2.32. The van der Waals surface area contributed by atoms with Crippen molar-refractivity contribution in [3.8, 4) is 0 Å². The van der Waals surface area contributed by atoms with E-state index >= 15 is 0 Å². The second-order valence-electron chi connectivity index (χ2n) is 6.98. The maximum atomic E-state index is 13.1. The first-order chi connectivity index (χ1) is 12.6. The van der Waals surface area contributed by atoms with E-state index in [2.05, 4.69) is 20.3 Å². The van der Waals surface area contributed by atoms with Gasteiger partial charge in [0.2, 0.25) is 0 Å². The highest BCUT2D eigenvalue weighted by Gasteiger charge is 2.31. The van der Waals surface area contributed by atoms with Crippen LogP contribution in [0.3, 0.4) is 0 Å². The van der Waals surface area contributed by atoms with Crippen molar-refractivity contribution in [3.05, 3.63) is 53.3 Å². The molecule has 1 N–H and O–H groups in total. The highest BCUT2D eigenvalue weighted by molar-refractivity contribution is 5.97. The average Bonchev–Trinajstić information content (AvgIpc) is 3.29. The van der Waals surface area contributed by atoms with E-state index in [4.69, 9.17) is 4.98 Å². The number of carbonyl (C=O) groups excluding carboxylic acids is 1. The van der Waals surface area contributed by atoms with Crippen molar-refractivity contribution in [2.45, 2.75) is 25.4 Å². The van der Waals surface area contributed by atoms with Gasteiger partial charge in [0.25, 0.3) is 5.91 Å². The molecule has 1 unspecified atom stereocenters. The van der Waals surface area contributed by atoms with Crippen LogP contribution in [0.1, 0.15) is 40.6 Å². The fourth-order valence-corrected chi connectivity index (χ4v) is 3.55. The number of aromatic nitrogens is 4. The van der Waals surface area contributed by atoms with Crippen LogP contribution in [0.2, 0.25) is 0 Å². The Kier molecular flexibility index (Phi) is 4.38. The highest BCUT2D eigenvalue weighted by atomic mass is 16.2. The lowest BCUT2D eigenvalue weighted by atomic mass is 10.1. The summed E-state index contributed by atoms with van der Waals surface area (Å²) in [6.45, 7) is 1.54. The van der Waals surface area contributed by atoms with Crippen LogP contribution in [0.4, 0.5) is 0 Å². The number of amides is 1. The number of H-pyrrole nitrogens is 1. The number of likely N-dealkylation sites (tertiary alicyclic amines) is 1. The molecule has 134 valence electrons. The average molecular weight is 350 g/mol. The smallest absolute Gasteiger partial charge is 0.254 e. The molecule has 3 heterocycles. The molecule has 0 aliphatic carbocycles. The molecule has 7 nitrogen and oxygen atoms in total. The van der Waals surface area contributed by atoms with E-state index in [-0.39, 0.29) is 11.9 Å². The standard InChI is InChI=1S/C19H22N6O/c1-24(2)12-14-5-3-6-16(20-14)18-7-4-10-25(18)19(26)13-8-9-15-17(11-13)22-23-21-15/h3,5-6,8-9,11,18H,4,7,10,12H2,1-2H3,(H,21,22,23). The second kappa shape index (κ2) is 6.84. The summed E-state index contributed by atoms with van der Waals surface area (Å²) >= 11 is 0. The van der Waals surface area contributed by atoms with Gasteiger partial charge in [-0.05, 0) is 57.3 Å². The number of rotatable bonds is 4. The number of fused-ring (bicyclic) bond motifs is 1. The van der Waals surface area contributed by atoms with E-state index in [9.17, 15) is 4.79 Å². The first-order valence-electron chi connectivity index (χ1n) is 8.84. The minimum Gasteiger partial charge on any atom is -0.330 e. The third kappa shape index (κ3) is 3.17. The fourth-order valence-electron chi connectivity index (χ4n) is 3.55. The van der Waals surface area contributed by atoms with Crippen LogP contribution in [-0.4, -0.2) is 56.7 Å². The molecule has 1 fully saturated rings. The van der Waals surface area contributed by atoms with E-state index < -0.39 is 0 Å². The van der Waals surface area contributed by atoms with Crippen LogP contribution in [0.25, 0.3) is 11.0 Å². The topological polar surface area (TPSA) is 78.0 Å². The van der Waals surface area contributed by atoms with Gasteiger partial charge >= 0.3 is 0 Å². The van der Waals surface area contributed by atoms with Crippen molar-refractivity contribution in [2.75, 3.05) is 20.6 Å². The Morgan fingerprint density at radius 3 is 2.92 bits per heavy atom. The Balaban J connectivity index is 1.60. The zero-order chi connectivity index (χ0) is 18.1. The van der Waals surface area contributed by atoms with Gasteiger partial charge in [-0.25, -0.2) is 0 Å². The first kappa shape index (κ1) is 16.7. The van der Waals surface area contributed by atoms with Crippen molar-refractivity contribution >= 4 is 16.9 Å². The molecule has 4 rings (SSSR count). The largest absolute Gasteiger partial charge is 0.330 e. The van der Waals surface area contributed by atoms with Crippen LogP contribution in [0.15, 0.2) is 36.4 Å². The molecule has 0 saturated carbocycles. The Bertz CT molecular complexity index is 934. The molecule has 1 aliphatic rings. The summed E-state index contributed by atoms with van der Waals surface area (Å²) in [5.41, 5.74) is 4.10. The van der Waals surface area contributed by atoms with Crippen molar-refractivity contribution in [1.82, 2.24) is 30.2 Å². The van der Waals surface area contributed by atoms with E-state index in [0.29, 0.717) is 11.1 Å². The van der Waals surface area contributed by atoms with Crippen LogP contribution in [-0.2, 0) is 6.54 Å². The number of pyridine rings is 1. The quantitative estimate of drug-likeness (QED) is 0.782. The van der Waals surface area contributed by atoms with Gasteiger partial charge in [-0.2, -0.15) is 15.4 Å². The summed E-state index contributed by atoms with van der Waals surface area (Å²) in [6.07, 6.45) is 1.93. The van der Waals surface area contributed by atoms with Crippen LogP contribution in [0, 0.1) is 0 Å². The van der Waals surface area contributed by atoms with Gasteiger partial charge in [0, 0.05) is 18.7 Å². The Hall–Kier alpha value is -2.80. The zero-order valence-corrected chi connectivity index (χ0v) is 15.0. The normalized spacial score (nSPS) is 17.3. The molecule has 0 spiro atoms. The van der Waals surface area contributed by atoms with E-state index in [1.54, 1.807) is 6.07 Å². The Labute approximate surface area is 152 Å². The van der Waals surface area contributed by atoms with E-state index in [1.165, 1.54) is 0 Å². The van der Waals surface area contributed by atoms with Crippen LogP contribution >= 0.6 is 0 Å². The minimum atomic E-state index is 0.0252. The number of nitrogens with zero attached hydrogens (tertiary/aromatic N) is 5. The zero-order valence-electron chi connectivity index (χ0n) is 15.0. The summed E-state index contributed by atoms with van der Waals surface area (Å²) in [4.78, 5) is 21.9. The van der Waals surface area contributed by atoms with Gasteiger partial charge < -0.3 is 9.80 Å². The molecule has 0 radical (unpaired) electrons. The van der Waals surface area contributed by atoms with Crippen LogP contribution in [0.5, 0.6) is 0 Å². The Morgan fingerprint density at radius 1 is 1.23 bits per heavy atom. The summed E-state index contributed by atoms with van der Waals surface area (Å²) in [5.74, 6) is 0.0252. The maximum Gasteiger partial charge on any atom is 0.254 e. The summed E-state index contributed by atoms with van der Waals surface area (Å²) in [6, 6.07) is 11.6. The van der Waals surface area contributed by atoms with Gasteiger partial charge in [-0.1, -0.05) is 6.07 Å². The fraction of sp³-hybridized carbons (Fsp3) is 0.368. The number of hydrogen-bond acceptors (Lipinski definition) is 5. The second-order valence-corrected chi connectivity index (χ2v) is 6.98. The molecule has 7 heteroatoms. The lowest BCUT2D eigenvalue weighted by Gasteiger charge is -2.25.